The summed E-state index contributed by atoms with van der Waals surface area (Å²) in [4.78, 5) is 45.5. The predicted molar refractivity (Wildman–Crippen MR) is 148 cm³/mol. The molecule has 1 N–H and O–H groups in total. The number of aromatic nitrogens is 4. The van der Waals surface area contributed by atoms with Gasteiger partial charge < -0.3 is 24.3 Å². The highest BCUT2D eigenvalue weighted by Crippen LogP contribution is 2.45. The maximum atomic E-state index is 13.7. The molecule has 42 heavy (non-hydrogen) atoms. The van der Waals surface area contributed by atoms with Crippen molar-refractivity contribution in [3.8, 4) is 0 Å². The Labute approximate surface area is 251 Å². The molecule has 0 unspecified atom stereocenters. The van der Waals surface area contributed by atoms with Crippen molar-refractivity contribution >= 4 is 51.0 Å². The van der Waals surface area contributed by atoms with E-state index in [1.165, 1.54) is 4.57 Å². The summed E-state index contributed by atoms with van der Waals surface area (Å²) in [7, 11) is 0. The molecule has 1 aromatic carbocycles. The van der Waals surface area contributed by atoms with Gasteiger partial charge in [-0.15, -0.1) is 5.10 Å². The molecule has 4 heterocycles. The summed E-state index contributed by atoms with van der Waals surface area (Å²) in [6.45, 7) is 7.07. The smallest absolute Gasteiger partial charge is 0.416 e. The molecule has 0 bridgehead atoms. The maximum absolute atomic E-state index is 13.7. The van der Waals surface area contributed by atoms with E-state index in [0.717, 1.165) is 22.7 Å². The maximum Gasteiger partial charge on any atom is 0.416 e. The number of amides is 2. The number of hydrogen-bond acceptors (Lipinski definition) is 7. The molecule has 2 aromatic heterocycles. The number of piperidine rings is 1. The van der Waals surface area contributed by atoms with Gasteiger partial charge in [-0.1, -0.05) is 11.6 Å². The number of likely N-dealkylation sites (tertiary alicyclic amines) is 1. The molecule has 1 spiro atoms. The van der Waals surface area contributed by atoms with Crippen LogP contribution in [0.2, 0.25) is 5.02 Å². The monoisotopic (exact) mass is 674 g/mol. The van der Waals surface area contributed by atoms with E-state index >= 15 is 0 Å². The van der Waals surface area contributed by atoms with Crippen LogP contribution < -0.4 is 10.9 Å². The highest BCUT2D eigenvalue weighted by molar-refractivity contribution is 9.10. The molecule has 0 aliphatic carbocycles. The minimum absolute atomic E-state index is 0.0120. The zero-order valence-electron chi connectivity index (χ0n) is 23.0. The van der Waals surface area contributed by atoms with E-state index in [0.29, 0.717) is 24.1 Å². The van der Waals surface area contributed by atoms with Crippen molar-refractivity contribution in [2.75, 3.05) is 11.9 Å². The van der Waals surface area contributed by atoms with Gasteiger partial charge in [0.2, 0.25) is 16.4 Å². The minimum Gasteiger partial charge on any atom is -0.444 e. The average molecular weight is 676 g/mol. The van der Waals surface area contributed by atoms with Crippen molar-refractivity contribution in [1.82, 2.24) is 24.1 Å². The first-order valence-corrected chi connectivity index (χ1v) is 14.1. The first kappa shape index (κ1) is 30.3. The number of nitrogens with one attached hydrogen (secondary N) is 1. The number of rotatable bonds is 3. The zero-order chi connectivity index (χ0) is 30.8. The van der Waals surface area contributed by atoms with Gasteiger partial charge >= 0.3 is 12.3 Å². The number of halogens is 5. The van der Waals surface area contributed by atoms with Gasteiger partial charge in [-0.3, -0.25) is 9.59 Å². The molecule has 0 saturated carbocycles. The van der Waals surface area contributed by atoms with Gasteiger partial charge in [0.1, 0.15) is 17.7 Å². The van der Waals surface area contributed by atoms with Crippen LogP contribution in [0.25, 0.3) is 5.78 Å². The predicted octanol–water partition coefficient (Wildman–Crippen LogP) is 5.11. The third kappa shape index (κ3) is 5.61. The van der Waals surface area contributed by atoms with E-state index < -0.39 is 40.5 Å². The summed E-state index contributed by atoms with van der Waals surface area (Å²) in [5.74, 6) is -0.559. The quantitative estimate of drug-likeness (QED) is 0.410. The van der Waals surface area contributed by atoms with Crippen molar-refractivity contribution in [2.24, 2.45) is 0 Å². The van der Waals surface area contributed by atoms with E-state index in [1.807, 2.05) is 6.92 Å². The summed E-state index contributed by atoms with van der Waals surface area (Å²) in [6.07, 6.45) is -4.46. The Balaban J connectivity index is 1.47. The van der Waals surface area contributed by atoms with Gasteiger partial charge in [-0.2, -0.15) is 22.7 Å². The number of fused-ring (bicyclic) bond motifs is 3. The second kappa shape index (κ2) is 10.5. The lowest BCUT2D eigenvalue weighted by atomic mass is 9.82. The molecule has 2 aliphatic heterocycles. The lowest BCUT2D eigenvalue weighted by Gasteiger charge is -2.43. The summed E-state index contributed by atoms with van der Waals surface area (Å²) in [5.41, 5.74) is -2.42. The van der Waals surface area contributed by atoms with Crippen molar-refractivity contribution < 1.29 is 32.2 Å². The summed E-state index contributed by atoms with van der Waals surface area (Å²) in [5, 5.41) is 6.40. The molecule has 5 rings (SSSR count). The van der Waals surface area contributed by atoms with E-state index in [-0.39, 0.29) is 47.0 Å². The van der Waals surface area contributed by atoms with Crippen LogP contribution in [0.5, 0.6) is 0 Å². The van der Waals surface area contributed by atoms with Crippen molar-refractivity contribution in [3.05, 3.63) is 55.1 Å². The fourth-order valence-corrected chi connectivity index (χ4v) is 5.96. The molecule has 0 radical (unpaired) electrons. The Morgan fingerprint density at radius 2 is 2.00 bits per heavy atom. The highest BCUT2D eigenvalue weighted by atomic mass is 79.9. The van der Waals surface area contributed by atoms with Gasteiger partial charge in [0.15, 0.2) is 0 Å². The van der Waals surface area contributed by atoms with E-state index in [1.54, 1.807) is 25.7 Å². The van der Waals surface area contributed by atoms with Crippen molar-refractivity contribution in [2.45, 2.75) is 77.1 Å². The summed E-state index contributed by atoms with van der Waals surface area (Å²) < 4.78 is 53.6. The van der Waals surface area contributed by atoms with Gasteiger partial charge in [0.05, 0.1) is 34.1 Å². The molecule has 2 aliphatic rings. The number of carbonyl (C=O) groups is 2. The number of ether oxygens (including phenoxy) is 2. The van der Waals surface area contributed by atoms with Crippen LogP contribution in [-0.2, 0) is 39.2 Å². The number of nitrogens with zero attached hydrogens (tertiary/aromatic N) is 5. The fraction of sp³-hybridized carbons (Fsp3) is 0.500. The molecule has 1 fully saturated rings. The number of benzene rings is 1. The molecule has 11 nitrogen and oxygen atoms in total. The number of hydrogen-bond donors (Lipinski definition) is 1. The average Bonchev–Trinajstić information content (AvgIpc) is 3.42. The van der Waals surface area contributed by atoms with Crippen LogP contribution in [0.3, 0.4) is 0 Å². The first-order valence-electron chi connectivity index (χ1n) is 13.0. The number of carbonyl (C=O) groups excluding carboxylic acids is 2. The highest BCUT2D eigenvalue weighted by Gasteiger charge is 2.50. The number of alkyl halides is 3. The SMILES string of the molecule is C[C@@H]1C[C@@]2(CCN1C(=O)OC(C)(C)C)OCc1c2c(=O)n2nc(Br)nc2n1CC(=O)Nc1ccc(C(F)(F)F)cc1Cl. The Morgan fingerprint density at radius 1 is 1.29 bits per heavy atom. The van der Waals surface area contributed by atoms with E-state index in [4.69, 9.17) is 21.1 Å². The third-order valence-electron chi connectivity index (χ3n) is 7.18. The van der Waals surface area contributed by atoms with Gasteiger partial charge in [0.25, 0.3) is 5.56 Å². The summed E-state index contributed by atoms with van der Waals surface area (Å²) >= 11 is 9.21. The standard InChI is InChI=1S/C26H27BrClF3N6O5/c1-13-10-25(7-8-35(13)23(40)42-24(2,3)4)19-17(12-41-25)36(22-33-21(27)34-37(22)20(19)39)11-18(38)32-16-6-5-14(9-15(16)28)26(29,30)31/h5-6,9,13H,7-8,10-12H2,1-4H3,(H,32,38)/t13-,25-/m1/s1. The second-order valence-corrected chi connectivity index (χ2v) is 12.4. The Hall–Kier alpha value is -3.17. The largest absolute Gasteiger partial charge is 0.444 e. The van der Waals surface area contributed by atoms with E-state index in [2.05, 4.69) is 31.3 Å². The zero-order valence-corrected chi connectivity index (χ0v) is 25.4. The molecule has 16 heteroatoms. The Kier molecular flexibility index (Phi) is 7.59. The molecule has 226 valence electrons. The molecular weight excluding hydrogens is 649 g/mol. The topological polar surface area (TPSA) is 120 Å². The second-order valence-electron chi connectivity index (χ2n) is 11.3. The Morgan fingerprint density at radius 3 is 2.62 bits per heavy atom. The normalized spacial score (nSPS) is 20.7. The van der Waals surface area contributed by atoms with Crippen LogP contribution in [0.15, 0.2) is 27.7 Å². The van der Waals surface area contributed by atoms with Crippen molar-refractivity contribution in [3.63, 3.8) is 0 Å². The van der Waals surface area contributed by atoms with Gasteiger partial charge in [0, 0.05) is 19.0 Å². The van der Waals surface area contributed by atoms with Crippen LogP contribution >= 0.6 is 27.5 Å². The van der Waals surface area contributed by atoms with Crippen molar-refractivity contribution in [1.29, 1.82) is 0 Å². The van der Waals surface area contributed by atoms with Crippen LogP contribution in [0.4, 0.5) is 23.7 Å². The van der Waals surface area contributed by atoms with E-state index in [9.17, 15) is 27.6 Å². The number of anilines is 1. The first-order chi connectivity index (χ1) is 19.5. The third-order valence-corrected chi connectivity index (χ3v) is 7.83. The molecule has 2 atom stereocenters. The Bertz CT molecular complexity index is 1650. The fourth-order valence-electron chi connectivity index (χ4n) is 5.42. The lowest BCUT2D eigenvalue weighted by Crippen LogP contribution is -2.52. The molecule has 3 aromatic rings. The lowest BCUT2D eigenvalue weighted by molar-refractivity contribution is -0.137. The van der Waals surface area contributed by atoms with Crippen LogP contribution in [-0.4, -0.2) is 54.3 Å². The molecule has 2 amide bonds. The minimum atomic E-state index is -4.59. The van der Waals surface area contributed by atoms with Crippen LogP contribution in [0.1, 0.15) is 57.4 Å². The molecule has 1 saturated heterocycles. The molecular formula is C26H27BrClF3N6O5. The summed E-state index contributed by atoms with van der Waals surface area (Å²) in [6, 6.07) is 2.27. The van der Waals surface area contributed by atoms with Crippen LogP contribution in [0, 0.1) is 0 Å². The van der Waals surface area contributed by atoms with Gasteiger partial charge in [-0.05, 0) is 68.2 Å². The van der Waals surface area contributed by atoms with Gasteiger partial charge in [-0.25, -0.2) is 4.79 Å².